The summed E-state index contributed by atoms with van der Waals surface area (Å²) in [4.78, 5) is 10.8. The molecule has 25 heavy (non-hydrogen) atoms. The van der Waals surface area contributed by atoms with Crippen molar-refractivity contribution in [2.45, 2.75) is 19.5 Å². The third kappa shape index (κ3) is 5.07. The first-order valence-corrected chi connectivity index (χ1v) is 7.95. The summed E-state index contributed by atoms with van der Waals surface area (Å²) in [6, 6.07) is 3.37. The van der Waals surface area contributed by atoms with Crippen molar-refractivity contribution < 1.29 is 13.5 Å². The van der Waals surface area contributed by atoms with Crippen LogP contribution in [-0.2, 0) is 11.3 Å². The van der Waals surface area contributed by atoms with E-state index in [0.717, 1.165) is 24.7 Å². The molecule has 2 aromatic rings. The van der Waals surface area contributed by atoms with E-state index >= 15 is 0 Å². The summed E-state index contributed by atoms with van der Waals surface area (Å²) in [7, 11) is 0. The first kappa shape index (κ1) is 19.5. The topological polar surface area (TPSA) is 50.3 Å². The molecule has 1 aromatic carbocycles. The predicted octanol–water partition coefficient (Wildman–Crippen LogP) is 2.86. The van der Waals surface area contributed by atoms with Gasteiger partial charge in [-0.05, 0) is 13.0 Å². The van der Waals surface area contributed by atoms with Gasteiger partial charge in [0.1, 0.15) is 11.6 Å². The molecule has 0 radical (unpaired) electrons. The Morgan fingerprint density at radius 2 is 1.88 bits per heavy atom. The van der Waals surface area contributed by atoms with Gasteiger partial charge < -0.3 is 15.0 Å². The molecule has 8 heteroatoms. The van der Waals surface area contributed by atoms with Crippen LogP contribution in [0.15, 0.2) is 30.6 Å². The summed E-state index contributed by atoms with van der Waals surface area (Å²) in [5.74, 6) is -0.427. The van der Waals surface area contributed by atoms with E-state index in [-0.39, 0.29) is 18.4 Å². The molecule has 1 fully saturated rings. The number of morpholine rings is 1. The van der Waals surface area contributed by atoms with Crippen molar-refractivity contribution in [1.82, 2.24) is 15.3 Å². The molecule has 0 saturated carbocycles. The molecule has 1 saturated heterocycles. The van der Waals surface area contributed by atoms with Crippen LogP contribution in [0.25, 0.3) is 0 Å². The lowest BCUT2D eigenvalue weighted by molar-refractivity contribution is 0.122. The Kier molecular flexibility index (Phi) is 7.04. The predicted molar refractivity (Wildman–Crippen MR) is 93.9 cm³/mol. The van der Waals surface area contributed by atoms with E-state index in [2.05, 4.69) is 20.2 Å². The highest BCUT2D eigenvalue weighted by molar-refractivity contribution is 5.85. The van der Waals surface area contributed by atoms with Crippen LogP contribution in [0.3, 0.4) is 0 Å². The average Bonchev–Trinajstić information content (AvgIpc) is 2.61. The first-order valence-electron chi connectivity index (χ1n) is 7.95. The number of rotatable bonds is 5. The van der Waals surface area contributed by atoms with Crippen LogP contribution in [0.2, 0.25) is 0 Å². The normalized spacial score (nSPS) is 15.6. The van der Waals surface area contributed by atoms with E-state index in [4.69, 9.17) is 4.74 Å². The maximum absolute atomic E-state index is 13.8. The summed E-state index contributed by atoms with van der Waals surface area (Å²) < 4.78 is 32.0. The van der Waals surface area contributed by atoms with Gasteiger partial charge in [0, 0.05) is 55.3 Å². The molecule has 5 nitrogen and oxygen atoms in total. The highest BCUT2D eigenvalue weighted by Crippen LogP contribution is 2.18. The summed E-state index contributed by atoms with van der Waals surface area (Å²) in [5.41, 5.74) is 1.34. The molecule has 2 heterocycles. The van der Waals surface area contributed by atoms with Crippen molar-refractivity contribution >= 4 is 18.4 Å². The molecule has 136 valence electrons. The van der Waals surface area contributed by atoms with Crippen molar-refractivity contribution in [2.24, 2.45) is 0 Å². The molecule has 0 amide bonds. The van der Waals surface area contributed by atoms with Crippen LogP contribution in [0.4, 0.5) is 14.7 Å². The zero-order valence-corrected chi connectivity index (χ0v) is 14.7. The first-order chi connectivity index (χ1) is 11.6. The molecular formula is C17H21ClF2N4O. The average molecular weight is 371 g/mol. The number of nitrogens with zero attached hydrogens (tertiary/aromatic N) is 3. The fraction of sp³-hybridized carbons (Fsp3) is 0.412. The van der Waals surface area contributed by atoms with Crippen LogP contribution in [0.1, 0.15) is 24.1 Å². The minimum atomic E-state index is -0.574. The second-order valence-electron chi connectivity index (χ2n) is 5.76. The van der Waals surface area contributed by atoms with Crippen molar-refractivity contribution in [3.8, 4) is 0 Å². The van der Waals surface area contributed by atoms with Crippen molar-refractivity contribution in [2.75, 3.05) is 31.2 Å². The smallest absolute Gasteiger partial charge is 0.225 e. The zero-order chi connectivity index (χ0) is 16.9. The quantitative estimate of drug-likeness (QED) is 0.877. The lowest BCUT2D eigenvalue weighted by Crippen LogP contribution is -2.37. The fourth-order valence-corrected chi connectivity index (χ4v) is 2.60. The van der Waals surface area contributed by atoms with E-state index in [9.17, 15) is 8.78 Å². The van der Waals surface area contributed by atoms with Crippen molar-refractivity contribution in [3.05, 3.63) is 53.4 Å². The number of anilines is 1. The van der Waals surface area contributed by atoms with Crippen molar-refractivity contribution in [1.29, 1.82) is 0 Å². The van der Waals surface area contributed by atoms with Gasteiger partial charge >= 0.3 is 0 Å². The highest BCUT2D eigenvalue weighted by Gasteiger charge is 2.14. The van der Waals surface area contributed by atoms with Crippen LogP contribution < -0.4 is 10.2 Å². The molecule has 1 atom stereocenters. The molecule has 1 aromatic heterocycles. The summed E-state index contributed by atoms with van der Waals surface area (Å²) in [5, 5.41) is 3.20. The van der Waals surface area contributed by atoms with Crippen molar-refractivity contribution in [3.63, 3.8) is 0 Å². The Balaban J connectivity index is 0.00000225. The van der Waals surface area contributed by atoms with Gasteiger partial charge in [-0.25, -0.2) is 18.7 Å². The van der Waals surface area contributed by atoms with Crippen LogP contribution in [0, 0.1) is 11.6 Å². The number of benzene rings is 1. The van der Waals surface area contributed by atoms with Gasteiger partial charge in [0.15, 0.2) is 0 Å². The number of hydrogen-bond acceptors (Lipinski definition) is 5. The van der Waals surface area contributed by atoms with Crippen LogP contribution in [0.5, 0.6) is 0 Å². The summed E-state index contributed by atoms with van der Waals surface area (Å²) in [6.45, 7) is 5.29. The van der Waals surface area contributed by atoms with Gasteiger partial charge in [0.2, 0.25) is 5.95 Å². The van der Waals surface area contributed by atoms with E-state index in [1.807, 2.05) is 6.92 Å². The van der Waals surface area contributed by atoms with E-state index in [0.29, 0.717) is 31.3 Å². The number of aromatic nitrogens is 2. The van der Waals surface area contributed by atoms with E-state index < -0.39 is 11.6 Å². The number of ether oxygens (including phenoxy) is 1. The second-order valence-corrected chi connectivity index (χ2v) is 5.76. The number of nitrogens with one attached hydrogen (secondary N) is 1. The van der Waals surface area contributed by atoms with E-state index in [1.165, 1.54) is 12.1 Å². The Labute approximate surface area is 151 Å². The highest BCUT2D eigenvalue weighted by atomic mass is 35.5. The maximum Gasteiger partial charge on any atom is 0.225 e. The third-order valence-corrected chi connectivity index (χ3v) is 4.03. The minimum Gasteiger partial charge on any atom is -0.378 e. The Morgan fingerprint density at radius 3 is 2.52 bits per heavy atom. The van der Waals surface area contributed by atoms with Crippen LogP contribution in [-0.4, -0.2) is 36.3 Å². The Bertz CT molecular complexity index is 681. The van der Waals surface area contributed by atoms with Gasteiger partial charge in [-0.15, -0.1) is 12.4 Å². The van der Waals surface area contributed by atoms with Crippen LogP contribution >= 0.6 is 12.4 Å². The molecule has 1 N–H and O–H groups in total. The largest absolute Gasteiger partial charge is 0.378 e. The van der Waals surface area contributed by atoms with Gasteiger partial charge in [-0.1, -0.05) is 6.07 Å². The second kappa shape index (κ2) is 9.03. The monoisotopic (exact) mass is 370 g/mol. The van der Waals surface area contributed by atoms with Gasteiger partial charge in [-0.3, -0.25) is 0 Å². The molecule has 3 rings (SSSR count). The lowest BCUT2D eigenvalue weighted by atomic mass is 10.1. The SMILES string of the molecule is CC(NCc1cnc(N2CCOCC2)nc1)c1ccc(F)cc1F.Cl. The molecule has 0 spiro atoms. The molecule has 0 aliphatic carbocycles. The number of halogens is 3. The lowest BCUT2D eigenvalue weighted by Gasteiger charge is -2.26. The molecule has 1 unspecified atom stereocenters. The van der Waals surface area contributed by atoms with E-state index in [1.54, 1.807) is 12.4 Å². The standard InChI is InChI=1S/C17H20F2N4O.ClH/c1-12(15-3-2-14(18)8-16(15)19)20-9-13-10-21-17(22-11-13)23-4-6-24-7-5-23;/h2-3,8,10-12,20H,4-7,9H2,1H3;1H. The molecule has 1 aliphatic rings. The third-order valence-electron chi connectivity index (χ3n) is 4.03. The summed E-state index contributed by atoms with van der Waals surface area (Å²) in [6.07, 6.45) is 3.52. The number of hydrogen-bond donors (Lipinski definition) is 1. The molecule has 1 aliphatic heterocycles. The molecular weight excluding hydrogens is 350 g/mol. The zero-order valence-electron chi connectivity index (χ0n) is 13.9. The fourth-order valence-electron chi connectivity index (χ4n) is 2.60. The van der Waals surface area contributed by atoms with Gasteiger partial charge in [0.05, 0.1) is 13.2 Å². The van der Waals surface area contributed by atoms with Gasteiger partial charge in [0.25, 0.3) is 0 Å². The summed E-state index contributed by atoms with van der Waals surface area (Å²) >= 11 is 0. The molecule has 0 bridgehead atoms. The minimum absolute atomic E-state index is 0. The maximum atomic E-state index is 13.8. The van der Waals surface area contributed by atoms with Gasteiger partial charge in [-0.2, -0.15) is 0 Å². The Morgan fingerprint density at radius 1 is 1.20 bits per heavy atom. The Hall–Kier alpha value is -1.83.